The zero-order chi connectivity index (χ0) is 29.2. The number of hydrogen-bond acceptors (Lipinski definition) is 12. The van der Waals surface area contributed by atoms with Crippen LogP contribution in [0.15, 0.2) is 47.2 Å². The monoisotopic (exact) mass is 601 g/mol. The molecular formula is C26H23N11O3S2. The van der Waals surface area contributed by atoms with Crippen molar-refractivity contribution in [3.8, 4) is 49.9 Å². The zero-order valence-electron chi connectivity index (χ0n) is 22.6. The van der Waals surface area contributed by atoms with E-state index in [2.05, 4.69) is 41.0 Å². The van der Waals surface area contributed by atoms with E-state index in [1.54, 1.807) is 37.2 Å². The largest absolute Gasteiger partial charge is 0.481 e. The molecule has 6 heterocycles. The van der Waals surface area contributed by atoms with Gasteiger partial charge in [0.2, 0.25) is 11.8 Å². The fourth-order valence-corrected chi connectivity index (χ4v) is 6.02. The van der Waals surface area contributed by atoms with Crippen LogP contribution in [0.1, 0.15) is 11.8 Å². The summed E-state index contributed by atoms with van der Waals surface area (Å²) in [4.78, 5) is 52.4. The Kier molecular flexibility index (Phi) is 7.37. The van der Waals surface area contributed by atoms with Crippen LogP contribution >= 0.6 is 22.7 Å². The third-order valence-electron chi connectivity index (χ3n) is 6.05. The van der Waals surface area contributed by atoms with E-state index in [9.17, 15) is 9.59 Å². The minimum absolute atomic E-state index is 0.0357. The lowest BCUT2D eigenvalue weighted by atomic mass is 10.1. The molecule has 0 aliphatic carbocycles. The number of amides is 3. The summed E-state index contributed by atoms with van der Waals surface area (Å²) in [5.41, 5.74) is 3.20. The van der Waals surface area contributed by atoms with Gasteiger partial charge in [0.15, 0.2) is 5.82 Å². The second-order valence-electron chi connectivity index (χ2n) is 8.82. The summed E-state index contributed by atoms with van der Waals surface area (Å²) in [5, 5.41) is 15.6. The smallest absolute Gasteiger partial charge is 0.320 e. The van der Waals surface area contributed by atoms with Crippen LogP contribution < -0.4 is 20.7 Å². The van der Waals surface area contributed by atoms with Crippen molar-refractivity contribution in [2.45, 2.75) is 6.92 Å². The number of carbonyl (C=O) groups excluding carboxylic acids is 2. The van der Waals surface area contributed by atoms with Gasteiger partial charge in [-0.05, 0) is 19.1 Å². The Balaban J connectivity index is 1.48. The third kappa shape index (κ3) is 5.31. The quantitative estimate of drug-likeness (QED) is 0.241. The van der Waals surface area contributed by atoms with Gasteiger partial charge in [0.05, 0.1) is 12.8 Å². The van der Waals surface area contributed by atoms with Crippen molar-refractivity contribution in [1.82, 2.24) is 45.3 Å². The number of nitrogens with one attached hydrogen (secondary N) is 3. The number of carbonyl (C=O) groups is 2. The van der Waals surface area contributed by atoms with E-state index in [1.807, 2.05) is 24.4 Å². The molecule has 0 aromatic carbocycles. The molecule has 0 radical (unpaired) electrons. The highest BCUT2D eigenvalue weighted by atomic mass is 32.1. The molecule has 3 amide bonds. The van der Waals surface area contributed by atoms with Crippen LogP contribution in [0.2, 0.25) is 0 Å². The van der Waals surface area contributed by atoms with E-state index in [-0.39, 0.29) is 18.5 Å². The summed E-state index contributed by atoms with van der Waals surface area (Å²) < 4.78 is 6.88. The molecule has 14 nitrogen and oxygen atoms in total. The summed E-state index contributed by atoms with van der Waals surface area (Å²) in [5.74, 6) is 1.56. The summed E-state index contributed by atoms with van der Waals surface area (Å²) in [7, 11) is 3.32. The van der Waals surface area contributed by atoms with Gasteiger partial charge in [-0.3, -0.25) is 15.1 Å². The van der Waals surface area contributed by atoms with Crippen molar-refractivity contribution >= 4 is 46.3 Å². The number of rotatable bonds is 8. The van der Waals surface area contributed by atoms with Crippen molar-refractivity contribution in [2.24, 2.45) is 12.0 Å². The van der Waals surface area contributed by atoms with Gasteiger partial charge < -0.3 is 15.4 Å². The number of aryl methyl sites for hydroxylation is 1. The maximum Gasteiger partial charge on any atom is 0.320 e. The van der Waals surface area contributed by atoms with Gasteiger partial charge in [-0.15, -0.1) is 22.7 Å². The number of anilines is 1. The maximum absolute atomic E-state index is 12.3. The summed E-state index contributed by atoms with van der Waals surface area (Å²) in [6.07, 6.45) is 3.07. The minimum atomic E-state index is -0.375. The molecule has 1 aliphatic heterocycles. The van der Waals surface area contributed by atoms with Crippen LogP contribution in [0.5, 0.6) is 5.88 Å². The van der Waals surface area contributed by atoms with Gasteiger partial charge in [-0.2, -0.15) is 5.10 Å². The van der Waals surface area contributed by atoms with E-state index >= 15 is 0 Å². The lowest BCUT2D eigenvalue weighted by Crippen LogP contribution is -2.28. The van der Waals surface area contributed by atoms with Gasteiger partial charge in [0.1, 0.15) is 50.8 Å². The molecule has 5 aromatic heterocycles. The number of pyridine rings is 2. The molecule has 5 aromatic rings. The fourth-order valence-electron chi connectivity index (χ4n) is 4.13. The Morgan fingerprint density at radius 2 is 2.02 bits per heavy atom. The maximum atomic E-state index is 12.3. The number of urea groups is 1. The molecule has 1 aliphatic rings. The summed E-state index contributed by atoms with van der Waals surface area (Å²) >= 11 is 2.75. The van der Waals surface area contributed by atoms with Crippen molar-refractivity contribution in [3.05, 3.63) is 47.0 Å². The molecule has 0 bridgehead atoms. The van der Waals surface area contributed by atoms with Crippen LogP contribution in [0.25, 0.3) is 44.0 Å². The van der Waals surface area contributed by atoms with E-state index in [0.29, 0.717) is 73.0 Å². The van der Waals surface area contributed by atoms with E-state index < -0.39 is 0 Å². The second-order valence-corrected chi connectivity index (χ2v) is 10.7. The first-order chi connectivity index (χ1) is 20.4. The summed E-state index contributed by atoms with van der Waals surface area (Å²) in [6.45, 7) is 2.33. The van der Waals surface area contributed by atoms with E-state index in [0.717, 1.165) is 0 Å². The number of amidine groups is 1. The number of ether oxygens (including phenoxy) is 1. The molecular weight excluding hydrogens is 578 g/mol. The lowest BCUT2D eigenvalue weighted by molar-refractivity contribution is -0.117. The number of nitrogens with zero attached hydrogens (tertiary/aromatic N) is 8. The van der Waals surface area contributed by atoms with Crippen molar-refractivity contribution in [1.29, 1.82) is 0 Å². The molecule has 0 saturated carbocycles. The normalized spacial score (nSPS) is 12.6. The van der Waals surface area contributed by atoms with Crippen molar-refractivity contribution < 1.29 is 14.3 Å². The highest BCUT2D eigenvalue weighted by Gasteiger charge is 2.27. The van der Waals surface area contributed by atoms with E-state index in [4.69, 9.17) is 14.7 Å². The molecule has 16 heteroatoms. The standard InChI is InChI=1S/C26H23N11O3S2/c1-4-27-26(39)34-17-8-13(24-33-16(11-41-24)15-6-5-7-19(32-15)40-3)14(9-28-17)25-36-20(23-30-12-31-37(23)2)21(42-25)22-29-10-18(38)35-22/h5-9,11-12H,4,10H2,1-3H3,(H,29,35,38)(H2,27,28,34,39). The van der Waals surface area contributed by atoms with Crippen LogP contribution in [-0.2, 0) is 11.8 Å². The van der Waals surface area contributed by atoms with Crippen LogP contribution in [0, 0.1) is 0 Å². The Hall–Kier alpha value is -5.09. The first kappa shape index (κ1) is 27.1. The number of thiazole rings is 2. The average molecular weight is 602 g/mol. The third-order valence-corrected chi connectivity index (χ3v) is 8.02. The van der Waals surface area contributed by atoms with Crippen LogP contribution in [0.4, 0.5) is 10.6 Å². The fraction of sp³-hybridized carbons (Fsp3) is 0.192. The van der Waals surface area contributed by atoms with Gasteiger partial charge in [0.25, 0.3) is 0 Å². The average Bonchev–Trinajstić information content (AvgIpc) is 3.80. The SMILES string of the molecule is CCNC(=O)Nc1cc(-c2nc(-c3cccc(OC)n3)cs2)c(-c2nc(-c3ncnn3C)c(C3=NCC(=O)N3)s2)cn1. The Morgan fingerprint density at radius 1 is 1.14 bits per heavy atom. The first-order valence-electron chi connectivity index (χ1n) is 12.7. The number of methoxy groups -OCH3 is 1. The van der Waals surface area contributed by atoms with Gasteiger partial charge in [0, 0.05) is 42.4 Å². The molecule has 6 rings (SSSR count). The predicted octanol–water partition coefficient (Wildman–Crippen LogP) is 3.21. The Morgan fingerprint density at radius 3 is 2.76 bits per heavy atom. The summed E-state index contributed by atoms with van der Waals surface area (Å²) in [6, 6.07) is 6.85. The number of hydrogen-bond donors (Lipinski definition) is 3. The molecule has 0 unspecified atom stereocenters. The van der Waals surface area contributed by atoms with Crippen molar-refractivity contribution in [3.63, 3.8) is 0 Å². The molecule has 0 atom stereocenters. The number of aliphatic imine (C=N–C) groups is 1. The first-order valence-corrected chi connectivity index (χ1v) is 14.4. The predicted molar refractivity (Wildman–Crippen MR) is 158 cm³/mol. The topological polar surface area (TPSA) is 174 Å². The number of aromatic nitrogens is 7. The van der Waals surface area contributed by atoms with Crippen LogP contribution in [0.3, 0.4) is 0 Å². The van der Waals surface area contributed by atoms with Gasteiger partial charge in [-0.1, -0.05) is 6.07 Å². The van der Waals surface area contributed by atoms with Gasteiger partial charge in [-0.25, -0.2) is 34.4 Å². The minimum Gasteiger partial charge on any atom is -0.481 e. The second kappa shape index (κ2) is 11.4. The van der Waals surface area contributed by atoms with Gasteiger partial charge >= 0.3 is 6.03 Å². The molecule has 0 spiro atoms. The lowest BCUT2D eigenvalue weighted by Gasteiger charge is -2.09. The van der Waals surface area contributed by atoms with Crippen molar-refractivity contribution in [2.75, 3.05) is 25.5 Å². The van der Waals surface area contributed by atoms with E-state index in [1.165, 1.54) is 29.0 Å². The molecule has 0 saturated heterocycles. The Bertz CT molecular complexity index is 1840. The Labute approximate surface area is 247 Å². The zero-order valence-corrected chi connectivity index (χ0v) is 24.2. The molecule has 3 N–H and O–H groups in total. The molecule has 42 heavy (non-hydrogen) atoms. The highest BCUT2D eigenvalue weighted by molar-refractivity contribution is 7.17. The molecule has 212 valence electrons. The highest BCUT2D eigenvalue weighted by Crippen LogP contribution is 2.40. The molecule has 0 fully saturated rings. The van der Waals surface area contributed by atoms with Crippen LogP contribution in [-0.4, -0.2) is 72.7 Å².